The molecule has 2 aliphatic heterocycles. The summed E-state index contributed by atoms with van der Waals surface area (Å²) in [6.45, 7) is -0.456. The standard InChI is InChI=1S/C17H18ClF2N5O2/c18-13-5-1-3-11(21-13)9-24-16(27)25-12(4-2-6-14(25)22-24)15(26)23-8-7-17(19,20)10-23/h1,3,5,12H,2,4,6-10H2. The van der Waals surface area contributed by atoms with Crippen molar-refractivity contribution in [2.45, 2.75) is 44.2 Å². The Hall–Kier alpha value is -2.29. The lowest BCUT2D eigenvalue weighted by molar-refractivity contribution is -0.135. The van der Waals surface area contributed by atoms with Gasteiger partial charge < -0.3 is 4.90 Å². The van der Waals surface area contributed by atoms with E-state index in [9.17, 15) is 18.4 Å². The van der Waals surface area contributed by atoms with Gasteiger partial charge in [-0.1, -0.05) is 17.7 Å². The number of hydrogen-bond donors (Lipinski definition) is 0. The van der Waals surface area contributed by atoms with Gasteiger partial charge in [0.25, 0.3) is 5.92 Å². The van der Waals surface area contributed by atoms with Crippen molar-refractivity contribution in [3.63, 3.8) is 0 Å². The van der Waals surface area contributed by atoms with E-state index < -0.39 is 30.1 Å². The van der Waals surface area contributed by atoms with Crippen molar-refractivity contribution in [2.24, 2.45) is 0 Å². The minimum atomic E-state index is -2.86. The highest BCUT2D eigenvalue weighted by Crippen LogP contribution is 2.31. The lowest BCUT2D eigenvalue weighted by Crippen LogP contribution is -2.42. The van der Waals surface area contributed by atoms with E-state index in [4.69, 9.17) is 11.6 Å². The molecule has 4 heterocycles. The van der Waals surface area contributed by atoms with E-state index in [2.05, 4.69) is 10.1 Å². The minimum Gasteiger partial charge on any atom is -0.335 e. The summed E-state index contributed by atoms with van der Waals surface area (Å²) in [7, 11) is 0. The first kappa shape index (κ1) is 18.1. The topological polar surface area (TPSA) is 73.0 Å². The van der Waals surface area contributed by atoms with Crippen LogP contribution in [0.2, 0.25) is 5.15 Å². The third-order valence-corrected chi connectivity index (χ3v) is 5.19. The van der Waals surface area contributed by atoms with Gasteiger partial charge in [0.05, 0.1) is 18.8 Å². The third-order valence-electron chi connectivity index (χ3n) is 4.98. The second kappa shape index (κ2) is 6.70. The van der Waals surface area contributed by atoms with Gasteiger partial charge in [-0.25, -0.2) is 23.2 Å². The van der Waals surface area contributed by atoms with Gasteiger partial charge >= 0.3 is 5.69 Å². The summed E-state index contributed by atoms with van der Waals surface area (Å²) in [5.74, 6) is -2.80. The molecule has 0 radical (unpaired) electrons. The van der Waals surface area contributed by atoms with Crippen LogP contribution in [-0.4, -0.2) is 49.2 Å². The Bertz CT molecular complexity index is 942. The van der Waals surface area contributed by atoms with Crippen LogP contribution >= 0.6 is 11.6 Å². The maximum atomic E-state index is 13.5. The third kappa shape index (κ3) is 3.47. The maximum Gasteiger partial charge on any atom is 0.347 e. The Morgan fingerprint density at radius 1 is 1.37 bits per heavy atom. The van der Waals surface area contributed by atoms with Gasteiger partial charge in [-0.05, 0) is 25.0 Å². The molecule has 1 fully saturated rings. The lowest BCUT2D eigenvalue weighted by atomic mass is 10.0. The SMILES string of the molecule is O=C(C1CCCc2nn(Cc3cccc(Cl)n3)c(=O)n21)N1CCC(F)(F)C1. The normalized spacial score (nSPS) is 21.3. The first-order valence-electron chi connectivity index (χ1n) is 8.80. The second-order valence-electron chi connectivity index (χ2n) is 6.95. The van der Waals surface area contributed by atoms with E-state index in [1.807, 2.05) is 0 Å². The van der Waals surface area contributed by atoms with E-state index in [0.29, 0.717) is 35.9 Å². The molecule has 1 atom stereocenters. The van der Waals surface area contributed by atoms with E-state index in [1.165, 1.54) is 9.25 Å². The molecule has 2 aliphatic rings. The molecule has 2 aromatic rings. The van der Waals surface area contributed by atoms with E-state index in [1.54, 1.807) is 18.2 Å². The highest BCUT2D eigenvalue weighted by atomic mass is 35.5. The largest absolute Gasteiger partial charge is 0.347 e. The molecule has 0 N–H and O–H groups in total. The van der Waals surface area contributed by atoms with Crippen LogP contribution in [0.15, 0.2) is 23.0 Å². The van der Waals surface area contributed by atoms with Crippen molar-refractivity contribution in [1.82, 2.24) is 24.2 Å². The Morgan fingerprint density at radius 2 is 2.19 bits per heavy atom. The molecule has 0 spiro atoms. The Balaban J connectivity index is 1.62. The summed E-state index contributed by atoms with van der Waals surface area (Å²) in [5, 5.41) is 4.64. The van der Waals surface area contributed by atoms with Crippen LogP contribution in [0.4, 0.5) is 8.78 Å². The second-order valence-corrected chi connectivity index (χ2v) is 7.34. The average Bonchev–Trinajstić information content (AvgIpc) is 3.14. The summed E-state index contributed by atoms with van der Waals surface area (Å²) in [6.07, 6.45) is 1.33. The highest BCUT2D eigenvalue weighted by molar-refractivity contribution is 6.29. The fourth-order valence-electron chi connectivity index (χ4n) is 3.69. The monoisotopic (exact) mass is 397 g/mol. The summed E-state index contributed by atoms with van der Waals surface area (Å²) in [4.78, 5) is 30.9. The number of halogens is 3. The zero-order chi connectivity index (χ0) is 19.2. The zero-order valence-electron chi connectivity index (χ0n) is 14.4. The molecule has 10 heteroatoms. The molecule has 4 rings (SSSR count). The molecular formula is C17H18ClF2N5O2. The number of rotatable bonds is 3. The number of carbonyl (C=O) groups excluding carboxylic acids is 1. The number of fused-ring (bicyclic) bond motifs is 1. The number of likely N-dealkylation sites (tertiary alicyclic amines) is 1. The van der Waals surface area contributed by atoms with E-state index >= 15 is 0 Å². The molecule has 0 aliphatic carbocycles. The number of amides is 1. The first-order valence-corrected chi connectivity index (χ1v) is 9.18. The predicted molar refractivity (Wildman–Crippen MR) is 93.0 cm³/mol. The fraction of sp³-hybridized carbons (Fsp3) is 0.529. The average molecular weight is 398 g/mol. The summed E-state index contributed by atoms with van der Waals surface area (Å²) in [6, 6.07) is 4.31. The van der Waals surface area contributed by atoms with Crippen LogP contribution in [0, 0.1) is 0 Å². The van der Waals surface area contributed by atoms with Crippen molar-refractivity contribution in [2.75, 3.05) is 13.1 Å². The van der Waals surface area contributed by atoms with Gasteiger partial charge in [0.15, 0.2) is 0 Å². The molecule has 1 saturated heterocycles. The van der Waals surface area contributed by atoms with E-state index in [-0.39, 0.29) is 19.5 Å². The van der Waals surface area contributed by atoms with Crippen LogP contribution in [0.5, 0.6) is 0 Å². The van der Waals surface area contributed by atoms with Gasteiger partial charge in [0, 0.05) is 19.4 Å². The van der Waals surface area contributed by atoms with Crippen LogP contribution in [0.1, 0.15) is 36.8 Å². The predicted octanol–water partition coefficient (Wildman–Crippen LogP) is 1.89. The molecule has 27 heavy (non-hydrogen) atoms. The highest BCUT2D eigenvalue weighted by Gasteiger charge is 2.43. The molecule has 0 aromatic carbocycles. The molecule has 0 saturated carbocycles. The first-order chi connectivity index (χ1) is 12.8. The van der Waals surface area contributed by atoms with Gasteiger partial charge in [0.1, 0.15) is 17.0 Å². The quantitative estimate of drug-likeness (QED) is 0.741. The van der Waals surface area contributed by atoms with Crippen LogP contribution in [0.25, 0.3) is 0 Å². The lowest BCUT2D eigenvalue weighted by Gasteiger charge is -2.27. The van der Waals surface area contributed by atoms with Crippen molar-refractivity contribution in [1.29, 1.82) is 0 Å². The maximum absolute atomic E-state index is 13.5. The summed E-state index contributed by atoms with van der Waals surface area (Å²) in [5.41, 5.74) is 0.137. The van der Waals surface area contributed by atoms with Crippen LogP contribution < -0.4 is 5.69 Å². The van der Waals surface area contributed by atoms with Gasteiger partial charge in [-0.3, -0.25) is 9.36 Å². The van der Waals surface area contributed by atoms with Gasteiger partial charge in [-0.2, -0.15) is 5.10 Å². The number of aryl methyl sites for hydroxylation is 1. The summed E-state index contributed by atoms with van der Waals surface area (Å²) < 4.78 is 29.6. The number of nitrogens with zero attached hydrogens (tertiary/aromatic N) is 5. The van der Waals surface area contributed by atoms with E-state index in [0.717, 1.165) is 4.90 Å². The zero-order valence-corrected chi connectivity index (χ0v) is 15.2. The molecule has 0 bridgehead atoms. The molecule has 144 valence electrons. The van der Waals surface area contributed by atoms with Crippen molar-refractivity contribution in [3.05, 3.63) is 45.4 Å². The van der Waals surface area contributed by atoms with Crippen molar-refractivity contribution in [3.8, 4) is 0 Å². The number of carbonyl (C=O) groups is 1. The summed E-state index contributed by atoms with van der Waals surface area (Å²) >= 11 is 5.88. The number of pyridine rings is 1. The van der Waals surface area contributed by atoms with Crippen molar-refractivity contribution >= 4 is 17.5 Å². The van der Waals surface area contributed by atoms with Crippen LogP contribution in [-0.2, 0) is 17.8 Å². The van der Waals surface area contributed by atoms with Gasteiger partial charge in [-0.15, -0.1) is 0 Å². The fourth-order valence-corrected chi connectivity index (χ4v) is 3.88. The molecular weight excluding hydrogens is 380 g/mol. The smallest absolute Gasteiger partial charge is 0.335 e. The van der Waals surface area contributed by atoms with Crippen LogP contribution in [0.3, 0.4) is 0 Å². The molecule has 7 nitrogen and oxygen atoms in total. The Labute approximate surface area is 158 Å². The molecule has 1 unspecified atom stereocenters. The Kier molecular flexibility index (Phi) is 4.49. The number of aromatic nitrogens is 4. The number of hydrogen-bond acceptors (Lipinski definition) is 4. The Morgan fingerprint density at radius 3 is 2.89 bits per heavy atom. The van der Waals surface area contributed by atoms with Gasteiger partial charge in [0.2, 0.25) is 5.91 Å². The number of alkyl halides is 2. The molecule has 1 amide bonds. The van der Waals surface area contributed by atoms with Crippen molar-refractivity contribution < 1.29 is 13.6 Å². The minimum absolute atomic E-state index is 0.00693. The molecule has 2 aromatic heterocycles.